The van der Waals surface area contributed by atoms with Gasteiger partial charge in [0.2, 0.25) is 5.91 Å². The second-order valence-electron chi connectivity index (χ2n) is 4.16. The van der Waals surface area contributed by atoms with Crippen LogP contribution in [-0.4, -0.2) is 30.1 Å². The summed E-state index contributed by atoms with van der Waals surface area (Å²) in [5.41, 5.74) is 0.664. The lowest BCUT2D eigenvalue weighted by Gasteiger charge is -2.10. The van der Waals surface area contributed by atoms with Crippen LogP contribution in [0, 0.1) is 0 Å². The Kier molecular flexibility index (Phi) is 6.59. The van der Waals surface area contributed by atoms with Crippen molar-refractivity contribution in [3.63, 3.8) is 0 Å². The standard InChI is InChI=1S/C15H18N2O2S/c1-4-5-6-10-14(18)16-12-8-7-9-13(11-12)20-15(19)17(2)3/h4-11H,1-3H3,(H,16,18). The number of anilines is 1. The lowest BCUT2D eigenvalue weighted by molar-refractivity contribution is -0.111. The van der Waals surface area contributed by atoms with Crippen molar-refractivity contribution in [1.82, 2.24) is 4.90 Å². The summed E-state index contributed by atoms with van der Waals surface area (Å²) >= 11 is 1.12. The zero-order chi connectivity index (χ0) is 15.0. The third-order valence-electron chi connectivity index (χ3n) is 2.22. The maximum absolute atomic E-state index is 11.6. The van der Waals surface area contributed by atoms with Gasteiger partial charge in [-0.3, -0.25) is 9.59 Å². The second-order valence-corrected chi connectivity index (χ2v) is 5.19. The largest absolute Gasteiger partial charge is 0.339 e. The van der Waals surface area contributed by atoms with Crippen LogP contribution >= 0.6 is 11.8 Å². The molecule has 1 rings (SSSR count). The summed E-state index contributed by atoms with van der Waals surface area (Å²) in [5.74, 6) is -0.204. The summed E-state index contributed by atoms with van der Waals surface area (Å²) in [4.78, 5) is 25.5. The minimum atomic E-state index is -0.204. The van der Waals surface area contributed by atoms with Crippen molar-refractivity contribution in [2.45, 2.75) is 11.8 Å². The van der Waals surface area contributed by atoms with Crippen LogP contribution in [0.25, 0.3) is 0 Å². The Morgan fingerprint density at radius 1 is 1.25 bits per heavy atom. The van der Waals surface area contributed by atoms with E-state index in [1.165, 1.54) is 11.0 Å². The summed E-state index contributed by atoms with van der Waals surface area (Å²) in [7, 11) is 3.40. The number of rotatable bonds is 4. The van der Waals surface area contributed by atoms with Crippen LogP contribution < -0.4 is 5.32 Å². The van der Waals surface area contributed by atoms with Crippen molar-refractivity contribution in [2.24, 2.45) is 0 Å². The second kappa shape index (κ2) is 8.22. The third-order valence-corrected chi connectivity index (χ3v) is 3.25. The Balaban J connectivity index is 2.68. The van der Waals surface area contributed by atoms with E-state index in [1.54, 1.807) is 44.4 Å². The molecule has 0 aliphatic carbocycles. The Hall–Kier alpha value is -2.01. The number of hydrogen-bond acceptors (Lipinski definition) is 3. The molecule has 1 N–H and O–H groups in total. The van der Waals surface area contributed by atoms with Crippen molar-refractivity contribution in [2.75, 3.05) is 19.4 Å². The zero-order valence-corrected chi connectivity index (χ0v) is 12.6. The highest BCUT2D eigenvalue weighted by molar-refractivity contribution is 8.13. The molecule has 2 amide bonds. The smallest absolute Gasteiger partial charge is 0.285 e. The molecule has 1 aromatic carbocycles. The number of allylic oxidation sites excluding steroid dienone is 3. The maximum atomic E-state index is 11.6. The highest BCUT2D eigenvalue weighted by Gasteiger charge is 2.07. The molecule has 0 spiro atoms. The number of carbonyl (C=O) groups is 2. The van der Waals surface area contributed by atoms with Gasteiger partial charge in [-0.25, -0.2) is 0 Å². The van der Waals surface area contributed by atoms with Crippen molar-refractivity contribution in [3.8, 4) is 0 Å². The van der Waals surface area contributed by atoms with Crippen LogP contribution in [0.2, 0.25) is 0 Å². The molecule has 0 aliphatic heterocycles. The van der Waals surface area contributed by atoms with Crippen LogP contribution in [0.5, 0.6) is 0 Å². The van der Waals surface area contributed by atoms with E-state index in [9.17, 15) is 9.59 Å². The first-order chi connectivity index (χ1) is 9.52. The molecule has 0 aromatic heterocycles. The number of nitrogens with one attached hydrogen (secondary N) is 1. The summed E-state index contributed by atoms with van der Waals surface area (Å²) in [5, 5.41) is 2.69. The molecule has 0 aliphatic rings. The van der Waals surface area contributed by atoms with E-state index in [-0.39, 0.29) is 11.1 Å². The van der Waals surface area contributed by atoms with Gasteiger partial charge in [-0.05, 0) is 36.9 Å². The van der Waals surface area contributed by atoms with Crippen molar-refractivity contribution in [1.29, 1.82) is 0 Å². The zero-order valence-electron chi connectivity index (χ0n) is 11.8. The van der Waals surface area contributed by atoms with E-state index in [0.717, 1.165) is 16.7 Å². The summed E-state index contributed by atoms with van der Waals surface area (Å²) < 4.78 is 0. The topological polar surface area (TPSA) is 49.4 Å². The molecule has 106 valence electrons. The lowest BCUT2D eigenvalue weighted by Crippen LogP contribution is -2.16. The first-order valence-corrected chi connectivity index (χ1v) is 6.94. The Labute approximate surface area is 123 Å². The minimum Gasteiger partial charge on any atom is -0.339 e. The van der Waals surface area contributed by atoms with Gasteiger partial charge in [-0.15, -0.1) is 0 Å². The van der Waals surface area contributed by atoms with Crippen LogP contribution in [0.4, 0.5) is 10.5 Å². The number of thioether (sulfide) groups is 1. The van der Waals surface area contributed by atoms with Gasteiger partial charge in [0.25, 0.3) is 5.24 Å². The normalized spacial score (nSPS) is 10.9. The maximum Gasteiger partial charge on any atom is 0.285 e. The number of benzene rings is 1. The monoisotopic (exact) mass is 290 g/mol. The number of nitrogens with zero attached hydrogens (tertiary/aromatic N) is 1. The van der Waals surface area contributed by atoms with Gasteiger partial charge in [0.1, 0.15) is 0 Å². The fourth-order valence-electron chi connectivity index (χ4n) is 1.27. The number of carbonyl (C=O) groups excluding carboxylic acids is 2. The molecule has 0 saturated heterocycles. The highest BCUT2D eigenvalue weighted by Crippen LogP contribution is 2.23. The predicted octanol–water partition coefficient (Wildman–Crippen LogP) is 3.53. The van der Waals surface area contributed by atoms with E-state index in [4.69, 9.17) is 0 Å². The SMILES string of the molecule is CC=CC=CC(=O)Nc1cccc(SC(=O)N(C)C)c1. The van der Waals surface area contributed by atoms with Gasteiger partial charge in [0, 0.05) is 30.8 Å². The lowest BCUT2D eigenvalue weighted by atomic mass is 10.3. The molecule has 0 atom stereocenters. The average molecular weight is 290 g/mol. The van der Waals surface area contributed by atoms with Gasteiger partial charge in [-0.1, -0.05) is 24.3 Å². The summed E-state index contributed by atoms with van der Waals surface area (Å²) in [6.07, 6.45) is 6.74. The van der Waals surface area contributed by atoms with Crippen molar-refractivity contribution in [3.05, 3.63) is 48.6 Å². The van der Waals surface area contributed by atoms with E-state index in [1.807, 2.05) is 19.1 Å². The van der Waals surface area contributed by atoms with E-state index >= 15 is 0 Å². The molecule has 0 radical (unpaired) electrons. The fraction of sp³-hybridized carbons (Fsp3) is 0.200. The molecular weight excluding hydrogens is 272 g/mol. The van der Waals surface area contributed by atoms with E-state index in [2.05, 4.69) is 5.32 Å². The molecule has 0 bridgehead atoms. The Morgan fingerprint density at radius 3 is 2.65 bits per heavy atom. The Morgan fingerprint density at radius 2 is 2.00 bits per heavy atom. The average Bonchev–Trinajstić information content (AvgIpc) is 2.39. The number of hydrogen-bond donors (Lipinski definition) is 1. The molecular formula is C15H18N2O2S. The molecule has 1 aromatic rings. The quantitative estimate of drug-likeness (QED) is 0.524. The molecule has 5 heteroatoms. The Bertz CT molecular complexity index is 536. The first kappa shape index (κ1) is 16.0. The van der Waals surface area contributed by atoms with E-state index < -0.39 is 0 Å². The predicted molar refractivity (Wildman–Crippen MR) is 84.0 cm³/mol. The van der Waals surface area contributed by atoms with Gasteiger partial charge < -0.3 is 10.2 Å². The van der Waals surface area contributed by atoms with Crippen molar-refractivity contribution < 1.29 is 9.59 Å². The van der Waals surface area contributed by atoms with Gasteiger partial charge >= 0.3 is 0 Å². The van der Waals surface area contributed by atoms with Gasteiger partial charge in [0.05, 0.1) is 0 Å². The highest BCUT2D eigenvalue weighted by atomic mass is 32.2. The minimum absolute atomic E-state index is 0.0542. The summed E-state index contributed by atoms with van der Waals surface area (Å²) in [6.45, 7) is 1.88. The van der Waals surface area contributed by atoms with E-state index in [0.29, 0.717) is 5.69 Å². The molecule has 4 nitrogen and oxygen atoms in total. The fourth-order valence-corrected chi connectivity index (χ4v) is 1.98. The molecule has 20 heavy (non-hydrogen) atoms. The van der Waals surface area contributed by atoms with Crippen LogP contribution in [0.15, 0.2) is 53.5 Å². The first-order valence-electron chi connectivity index (χ1n) is 6.12. The number of amides is 2. The molecule has 0 unspecified atom stereocenters. The van der Waals surface area contributed by atoms with Gasteiger partial charge in [0.15, 0.2) is 0 Å². The third kappa shape index (κ3) is 5.75. The molecule has 0 heterocycles. The molecule has 0 fully saturated rings. The van der Waals surface area contributed by atoms with Crippen molar-refractivity contribution >= 4 is 28.6 Å². The summed E-state index contributed by atoms with van der Waals surface area (Å²) in [6, 6.07) is 7.19. The van der Waals surface area contributed by atoms with Crippen LogP contribution in [0.1, 0.15) is 6.92 Å². The van der Waals surface area contributed by atoms with Gasteiger partial charge in [-0.2, -0.15) is 0 Å². The molecule has 0 saturated carbocycles. The van der Waals surface area contributed by atoms with Crippen LogP contribution in [-0.2, 0) is 4.79 Å². The van der Waals surface area contributed by atoms with Crippen LogP contribution in [0.3, 0.4) is 0 Å².